The SMILES string of the molecule is O=C(N[C@@H](Cc1ccccc1I)C(=O)O)c1ccc(C(F)(F)F)cc1. The van der Waals surface area contributed by atoms with Crippen LogP contribution in [0, 0.1) is 3.57 Å². The Hall–Kier alpha value is -2.10. The van der Waals surface area contributed by atoms with E-state index in [2.05, 4.69) is 27.9 Å². The standard InChI is InChI=1S/C17H13F3INO3/c18-17(19,20)12-7-5-10(6-8-12)15(23)22-14(16(24)25)9-11-3-1-2-4-13(11)21/h1-8,14H,9H2,(H,22,23)(H,24,25)/t14-/m0/s1. The molecule has 0 aliphatic heterocycles. The van der Waals surface area contributed by atoms with Crippen molar-refractivity contribution in [3.8, 4) is 0 Å². The van der Waals surface area contributed by atoms with Crippen molar-refractivity contribution in [2.45, 2.75) is 18.6 Å². The molecule has 2 rings (SSSR count). The molecule has 0 saturated heterocycles. The highest BCUT2D eigenvalue weighted by atomic mass is 127. The van der Waals surface area contributed by atoms with Crippen LogP contribution in [-0.4, -0.2) is 23.0 Å². The lowest BCUT2D eigenvalue weighted by Crippen LogP contribution is -2.42. The summed E-state index contributed by atoms with van der Waals surface area (Å²) in [6, 6.07) is 9.54. The Kier molecular flexibility index (Phi) is 6.04. The minimum atomic E-state index is -4.50. The Labute approximate surface area is 155 Å². The highest BCUT2D eigenvalue weighted by Crippen LogP contribution is 2.29. The molecule has 0 heterocycles. The summed E-state index contributed by atoms with van der Waals surface area (Å²) in [5.41, 5.74) is -0.164. The van der Waals surface area contributed by atoms with E-state index in [1.807, 2.05) is 12.1 Å². The van der Waals surface area contributed by atoms with Crippen LogP contribution < -0.4 is 5.32 Å². The second-order valence-electron chi connectivity index (χ2n) is 5.23. The Bertz CT molecular complexity index is 775. The molecule has 0 aliphatic carbocycles. The molecule has 4 nitrogen and oxygen atoms in total. The van der Waals surface area contributed by atoms with E-state index in [4.69, 9.17) is 0 Å². The van der Waals surface area contributed by atoms with Gasteiger partial charge in [0.1, 0.15) is 6.04 Å². The number of alkyl halides is 3. The first-order valence-corrected chi connectivity index (χ1v) is 8.20. The van der Waals surface area contributed by atoms with Gasteiger partial charge >= 0.3 is 12.1 Å². The summed E-state index contributed by atoms with van der Waals surface area (Å²) in [7, 11) is 0. The second-order valence-corrected chi connectivity index (χ2v) is 6.40. The number of halogens is 4. The smallest absolute Gasteiger partial charge is 0.416 e. The zero-order valence-corrected chi connectivity index (χ0v) is 14.8. The Morgan fingerprint density at radius 1 is 1.08 bits per heavy atom. The fourth-order valence-corrected chi connectivity index (χ4v) is 2.74. The first-order valence-electron chi connectivity index (χ1n) is 7.13. The number of aliphatic carboxylic acids is 1. The molecule has 0 bridgehead atoms. The van der Waals surface area contributed by atoms with Gasteiger partial charge in [-0.05, 0) is 58.5 Å². The molecule has 8 heteroatoms. The highest BCUT2D eigenvalue weighted by Gasteiger charge is 2.30. The average molecular weight is 463 g/mol. The van der Waals surface area contributed by atoms with Crippen LogP contribution in [0.3, 0.4) is 0 Å². The van der Waals surface area contributed by atoms with Crippen LogP contribution in [0.2, 0.25) is 0 Å². The van der Waals surface area contributed by atoms with Gasteiger partial charge in [-0.1, -0.05) is 18.2 Å². The van der Waals surface area contributed by atoms with E-state index >= 15 is 0 Å². The number of benzene rings is 2. The minimum absolute atomic E-state index is 0.0398. The first-order chi connectivity index (χ1) is 11.7. The van der Waals surface area contributed by atoms with E-state index in [1.54, 1.807) is 12.1 Å². The molecular formula is C17H13F3INO3. The molecule has 0 spiro atoms. The fourth-order valence-electron chi connectivity index (χ4n) is 2.14. The van der Waals surface area contributed by atoms with E-state index in [1.165, 1.54) is 0 Å². The van der Waals surface area contributed by atoms with Gasteiger partial charge in [0, 0.05) is 15.6 Å². The van der Waals surface area contributed by atoms with E-state index in [0.717, 1.165) is 33.4 Å². The molecule has 132 valence electrons. The first kappa shape index (κ1) is 19.2. The van der Waals surface area contributed by atoms with Crippen molar-refractivity contribution < 1.29 is 27.9 Å². The summed E-state index contributed by atoms with van der Waals surface area (Å²) in [5, 5.41) is 11.6. The summed E-state index contributed by atoms with van der Waals surface area (Å²) in [6.45, 7) is 0. The Morgan fingerprint density at radius 2 is 1.68 bits per heavy atom. The number of hydrogen-bond acceptors (Lipinski definition) is 2. The number of rotatable bonds is 5. The van der Waals surface area contributed by atoms with Crippen LogP contribution in [-0.2, 0) is 17.4 Å². The number of carbonyl (C=O) groups excluding carboxylic acids is 1. The topological polar surface area (TPSA) is 66.4 Å². The monoisotopic (exact) mass is 463 g/mol. The normalized spacial score (nSPS) is 12.5. The van der Waals surface area contributed by atoms with E-state index < -0.39 is 29.7 Å². The Balaban J connectivity index is 2.13. The lowest BCUT2D eigenvalue weighted by molar-refractivity contribution is -0.139. The van der Waals surface area contributed by atoms with Crippen LogP contribution >= 0.6 is 22.6 Å². The van der Waals surface area contributed by atoms with Crippen molar-refractivity contribution in [2.75, 3.05) is 0 Å². The van der Waals surface area contributed by atoms with Crippen LogP contribution in [0.15, 0.2) is 48.5 Å². The van der Waals surface area contributed by atoms with Gasteiger partial charge in [0.15, 0.2) is 0 Å². The molecule has 2 aromatic carbocycles. The van der Waals surface area contributed by atoms with Crippen molar-refractivity contribution in [1.82, 2.24) is 5.32 Å². The third-order valence-electron chi connectivity index (χ3n) is 3.46. The summed E-state index contributed by atoms with van der Waals surface area (Å²) < 4.78 is 38.5. The van der Waals surface area contributed by atoms with Gasteiger partial charge in [-0.2, -0.15) is 13.2 Å². The molecular weight excluding hydrogens is 450 g/mol. The second kappa shape index (κ2) is 7.85. The number of amides is 1. The van der Waals surface area contributed by atoms with Crippen LogP contribution in [0.1, 0.15) is 21.5 Å². The van der Waals surface area contributed by atoms with Gasteiger partial charge in [-0.25, -0.2) is 4.79 Å². The van der Waals surface area contributed by atoms with Crippen molar-refractivity contribution in [1.29, 1.82) is 0 Å². The molecule has 0 radical (unpaired) electrons. The largest absolute Gasteiger partial charge is 0.480 e. The summed E-state index contributed by atoms with van der Waals surface area (Å²) in [6.07, 6.45) is -4.43. The molecule has 0 aliphatic rings. The summed E-state index contributed by atoms with van der Waals surface area (Å²) in [5.74, 6) is -1.97. The molecule has 1 amide bonds. The van der Waals surface area contributed by atoms with Crippen LogP contribution in [0.25, 0.3) is 0 Å². The molecule has 2 N–H and O–H groups in total. The molecule has 0 aromatic heterocycles. The number of carbonyl (C=O) groups is 2. The predicted octanol–water partition coefficient (Wildman–Crippen LogP) is 3.74. The third-order valence-corrected chi connectivity index (χ3v) is 4.51. The maximum atomic E-state index is 12.5. The van der Waals surface area contributed by atoms with E-state index in [-0.39, 0.29) is 12.0 Å². The quantitative estimate of drug-likeness (QED) is 0.665. The van der Waals surface area contributed by atoms with Gasteiger partial charge in [-0.15, -0.1) is 0 Å². The maximum Gasteiger partial charge on any atom is 0.416 e. The summed E-state index contributed by atoms with van der Waals surface area (Å²) in [4.78, 5) is 23.5. The third kappa shape index (κ3) is 5.18. The lowest BCUT2D eigenvalue weighted by Gasteiger charge is -2.16. The predicted molar refractivity (Wildman–Crippen MR) is 93.2 cm³/mol. The van der Waals surface area contributed by atoms with Crippen LogP contribution in [0.5, 0.6) is 0 Å². The molecule has 0 unspecified atom stereocenters. The molecule has 25 heavy (non-hydrogen) atoms. The van der Waals surface area contributed by atoms with Gasteiger partial charge in [-0.3, -0.25) is 4.79 Å². The maximum absolute atomic E-state index is 12.5. The van der Waals surface area contributed by atoms with Crippen molar-refractivity contribution >= 4 is 34.5 Å². The number of carboxylic acid groups (broad SMARTS) is 1. The van der Waals surface area contributed by atoms with Gasteiger partial charge in [0.05, 0.1) is 5.56 Å². The summed E-state index contributed by atoms with van der Waals surface area (Å²) >= 11 is 2.06. The number of carboxylic acids is 1. The van der Waals surface area contributed by atoms with Gasteiger partial charge < -0.3 is 10.4 Å². The van der Waals surface area contributed by atoms with Gasteiger partial charge in [0.2, 0.25) is 0 Å². The molecule has 0 fully saturated rings. The van der Waals surface area contributed by atoms with Gasteiger partial charge in [0.25, 0.3) is 5.91 Å². The fraction of sp³-hybridized carbons (Fsp3) is 0.176. The molecule has 0 saturated carbocycles. The van der Waals surface area contributed by atoms with E-state index in [9.17, 15) is 27.9 Å². The van der Waals surface area contributed by atoms with E-state index in [0.29, 0.717) is 0 Å². The lowest BCUT2D eigenvalue weighted by atomic mass is 10.1. The average Bonchev–Trinajstić information content (AvgIpc) is 2.55. The van der Waals surface area contributed by atoms with Crippen LogP contribution in [0.4, 0.5) is 13.2 Å². The highest BCUT2D eigenvalue weighted by molar-refractivity contribution is 14.1. The van der Waals surface area contributed by atoms with Crippen molar-refractivity contribution in [3.05, 3.63) is 68.8 Å². The zero-order chi connectivity index (χ0) is 18.6. The number of nitrogens with one attached hydrogen (secondary N) is 1. The van der Waals surface area contributed by atoms with Crippen molar-refractivity contribution in [3.63, 3.8) is 0 Å². The molecule has 2 aromatic rings. The molecule has 1 atom stereocenters. The minimum Gasteiger partial charge on any atom is -0.480 e. The number of hydrogen-bond donors (Lipinski definition) is 2. The Morgan fingerprint density at radius 3 is 2.20 bits per heavy atom. The zero-order valence-electron chi connectivity index (χ0n) is 12.7. The van der Waals surface area contributed by atoms with Crippen molar-refractivity contribution in [2.24, 2.45) is 0 Å².